The third-order valence-electron chi connectivity index (χ3n) is 5.60. The molecule has 1 fully saturated rings. The summed E-state index contributed by atoms with van der Waals surface area (Å²) in [6.07, 6.45) is 2.42. The van der Waals surface area contributed by atoms with Crippen molar-refractivity contribution in [2.24, 2.45) is 0 Å². The fourth-order valence-electron chi connectivity index (χ4n) is 4.20. The van der Waals surface area contributed by atoms with Crippen LogP contribution in [0, 0.1) is 6.92 Å². The van der Waals surface area contributed by atoms with Crippen LogP contribution in [-0.2, 0) is 27.4 Å². The molecule has 0 N–H and O–H groups in total. The van der Waals surface area contributed by atoms with E-state index in [1.165, 1.54) is 7.11 Å². The summed E-state index contributed by atoms with van der Waals surface area (Å²) in [5, 5.41) is 0. The zero-order valence-corrected chi connectivity index (χ0v) is 18.5. The highest BCUT2D eigenvalue weighted by molar-refractivity contribution is 5.86. The van der Waals surface area contributed by atoms with Crippen LogP contribution in [0.25, 0.3) is 0 Å². The van der Waals surface area contributed by atoms with Gasteiger partial charge in [0.05, 0.1) is 27.0 Å². The number of carbonyl (C=O) groups excluding carboxylic acids is 2. The Bertz CT molecular complexity index is 928. The first-order chi connectivity index (χ1) is 15.1. The van der Waals surface area contributed by atoms with E-state index in [1.807, 2.05) is 42.2 Å². The van der Waals surface area contributed by atoms with Crippen molar-refractivity contribution in [2.75, 3.05) is 32.8 Å². The first kappa shape index (κ1) is 22.5. The molecule has 0 radical (unpaired) electrons. The minimum Gasteiger partial charge on any atom is -0.494 e. The Morgan fingerprint density at radius 1 is 1.10 bits per heavy atom. The third-order valence-corrected chi connectivity index (χ3v) is 5.60. The van der Waals surface area contributed by atoms with E-state index < -0.39 is 6.04 Å². The van der Waals surface area contributed by atoms with Gasteiger partial charge in [-0.05, 0) is 25.3 Å². The summed E-state index contributed by atoms with van der Waals surface area (Å²) in [6.45, 7) is 2.84. The number of ether oxygens (including phenoxy) is 4. The summed E-state index contributed by atoms with van der Waals surface area (Å²) < 4.78 is 22.7. The Morgan fingerprint density at radius 2 is 1.81 bits per heavy atom. The molecule has 0 bridgehead atoms. The van der Waals surface area contributed by atoms with E-state index in [4.69, 9.17) is 18.9 Å². The van der Waals surface area contributed by atoms with Gasteiger partial charge >= 0.3 is 5.97 Å². The highest BCUT2D eigenvalue weighted by atomic mass is 16.5. The maximum absolute atomic E-state index is 12.4. The normalized spacial score (nSPS) is 15.5. The van der Waals surface area contributed by atoms with E-state index in [-0.39, 0.29) is 12.4 Å². The van der Waals surface area contributed by atoms with Crippen molar-refractivity contribution in [1.29, 1.82) is 0 Å². The van der Waals surface area contributed by atoms with Gasteiger partial charge in [0.2, 0.25) is 0 Å². The molecule has 31 heavy (non-hydrogen) atoms. The van der Waals surface area contributed by atoms with E-state index in [0.29, 0.717) is 48.1 Å². The average molecular weight is 427 g/mol. The summed E-state index contributed by atoms with van der Waals surface area (Å²) in [5.41, 5.74) is 3.06. The van der Waals surface area contributed by atoms with Gasteiger partial charge in [0.1, 0.15) is 24.7 Å². The van der Waals surface area contributed by atoms with Crippen LogP contribution in [-0.4, -0.2) is 46.2 Å². The van der Waals surface area contributed by atoms with Crippen LogP contribution in [0.5, 0.6) is 17.2 Å². The molecular weight excluding hydrogens is 398 g/mol. The van der Waals surface area contributed by atoms with Crippen LogP contribution < -0.4 is 19.1 Å². The van der Waals surface area contributed by atoms with Gasteiger partial charge in [0.15, 0.2) is 11.5 Å². The Kier molecular flexibility index (Phi) is 7.39. The zero-order chi connectivity index (χ0) is 22.4. The molecule has 0 aromatic heterocycles. The van der Waals surface area contributed by atoms with Crippen molar-refractivity contribution in [2.45, 2.75) is 38.8 Å². The lowest BCUT2D eigenvalue weighted by Gasteiger charge is -2.31. The molecule has 166 valence electrons. The third kappa shape index (κ3) is 4.45. The van der Waals surface area contributed by atoms with Crippen molar-refractivity contribution in [1.82, 2.24) is 0 Å². The maximum atomic E-state index is 12.4. The molecule has 0 saturated carbocycles. The van der Waals surface area contributed by atoms with Gasteiger partial charge < -0.3 is 28.6 Å². The number of hydrogen-bond acceptors (Lipinski definition) is 7. The number of hydrogen-bond donors (Lipinski definition) is 0. The predicted molar refractivity (Wildman–Crippen MR) is 117 cm³/mol. The van der Waals surface area contributed by atoms with E-state index in [9.17, 15) is 9.59 Å². The smallest absolute Gasteiger partial charge is 0.328 e. The molecule has 1 atom stereocenters. The maximum Gasteiger partial charge on any atom is 0.328 e. The fraction of sp³-hybridized carbons (Fsp3) is 0.417. The summed E-state index contributed by atoms with van der Waals surface area (Å²) in [7, 11) is 4.52. The number of carbonyl (C=O) groups is 2. The SMILES string of the molecule is COC(=O)C1CCCN1c1c(CC=O)c(OCc2ccccc2)c(OC)c(C)c1OC. The van der Waals surface area contributed by atoms with Crippen molar-refractivity contribution in [3.63, 3.8) is 0 Å². The first-order valence-electron chi connectivity index (χ1n) is 10.3. The van der Waals surface area contributed by atoms with E-state index >= 15 is 0 Å². The minimum atomic E-state index is -0.445. The molecule has 1 heterocycles. The number of nitrogens with zero attached hydrogens (tertiary/aromatic N) is 1. The lowest BCUT2D eigenvalue weighted by molar-refractivity contribution is -0.141. The van der Waals surface area contributed by atoms with Gasteiger partial charge in [0, 0.05) is 24.1 Å². The number of esters is 1. The van der Waals surface area contributed by atoms with Gasteiger partial charge in [-0.1, -0.05) is 30.3 Å². The molecule has 3 rings (SSSR count). The number of benzene rings is 2. The van der Waals surface area contributed by atoms with Gasteiger partial charge in [0.25, 0.3) is 0 Å². The van der Waals surface area contributed by atoms with Crippen molar-refractivity contribution in [3.8, 4) is 17.2 Å². The van der Waals surface area contributed by atoms with E-state index in [0.717, 1.165) is 23.8 Å². The van der Waals surface area contributed by atoms with Crippen molar-refractivity contribution < 1.29 is 28.5 Å². The Morgan fingerprint density at radius 3 is 2.42 bits per heavy atom. The minimum absolute atomic E-state index is 0.0941. The van der Waals surface area contributed by atoms with Crippen LogP contribution in [0.2, 0.25) is 0 Å². The second-order valence-electron chi connectivity index (χ2n) is 7.37. The quantitative estimate of drug-likeness (QED) is 0.448. The highest BCUT2D eigenvalue weighted by Gasteiger charge is 2.37. The number of anilines is 1. The van der Waals surface area contributed by atoms with Crippen LogP contribution in [0.15, 0.2) is 30.3 Å². The monoisotopic (exact) mass is 427 g/mol. The Hall–Kier alpha value is -3.22. The largest absolute Gasteiger partial charge is 0.494 e. The van der Waals surface area contributed by atoms with Crippen LogP contribution >= 0.6 is 0 Å². The standard InChI is InChI=1S/C24H29NO6/c1-16-21(28-2)20(25-13-8-11-19(25)24(27)30-4)18(12-14-26)23(22(16)29-3)31-15-17-9-6-5-7-10-17/h5-7,9-10,14,19H,8,11-13,15H2,1-4H3. The van der Waals surface area contributed by atoms with Crippen molar-refractivity contribution in [3.05, 3.63) is 47.0 Å². The molecular formula is C24H29NO6. The molecule has 2 aromatic rings. The molecule has 1 saturated heterocycles. The lowest BCUT2D eigenvalue weighted by Crippen LogP contribution is -2.38. The van der Waals surface area contributed by atoms with Gasteiger partial charge in [-0.25, -0.2) is 4.79 Å². The van der Waals surface area contributed by atoms with Crippen LogP contribution in [0.1, 0.15) is 29.5 Å². The molecule has 2 aromatic carbocycles. The molecule has 7 nitrogen and oxygen atoms in total. The first-order valence-corrected chi connectivity index (χ1v) is 10.3. The van der Waals surface area contributed by atoms with Crippen LogP contribution in [0.4, 0.5) is 5.69 Å². The molecule has 0 amide bonds. The summed E-state index contributed by atoms with van der Waals surface area (Å²) >= 11 is 0. The second-order valence-corrected chi connectivity index (χ2v) is 7.37. The van der Waals surface area contributed by atoms with E-state index in [1.54, 1.807) is 14.2 Å². The predicted octanol–water partition coefficient (Wildman–Crippen LogP) is 3.47. The highest BCUT2D eigenvalue weighted by Crippen LogP contribution is 2.50. The second kappa shape index (κ2) is 10.2. The topological polar surface area (TPSA) is 74.3 Å². The number of rotatable bonds is 9. The molecule has 0 aliphatic carbocycles. The molecule has 7 heteroatoms. The van der Waals surface area contributed by atoms with Gasteiger partial charge in [-0.3, -0.25) is 0 Å². The number of methoxy groups -OCH3 is 3. The summed E-state index contributed by atoms with van der Waals surface area (Å²) in [4.78, 5) is 26.1. The van der Waals surface area contributed by atoms with Gasteiger partial charge in [-0.2, -0.15) is 0 Å². The summed E-state index contributed by atoms with van der Waals surface area (Å²) in [5.74, 6) is 1.26. The number of aldehydes is 1. The molecule has 1 aliphatic rings. The average Bonchev–Trinajstić information content (AvgIpc) is 3.28. The van der Waals surface area contributed by atoms with Gasteiger partial charge in [-0.15, -0.1) is 0 Å². The molecule has 1 aliphatic heterocycles. The molecule has 0 spiro atoms. The molecule has 1 unspecified atom stereocenters. The zero-order valence-electron chi connectivity index (χ0n) is 18.5. The van der Waals surface area contributed by atoms with Crippen LogP contribution in [0.3, 0.4) is 0 Å². The van der Waals surface area contributed by atoms with E-state index in [2.05, 4.69) is 0 Å². The lowest BCUT2D eigenvalue weighted by atomic mass is 10.0. The Labute approximate surface area is 182 Å². The summed E-state index contributed by atoms with van der Waals surface area (Å²) in [6, 6.07) is 9.32. The Balaban J connectivity index is 2.17. The van der Waals surface area contributed by atoms with Crippen molar-refractivity contribution >= 4 is 17.9 Å². The fourth-order valence-corrected chi connectivity index (χ4v) is 4.20.